The second kappa shape index (κ2) is 7.16. The minimum Gasteiger partial charge on any atom is -0.469 e. The molecule has 0 aromatic heterocycles. The van der Waals surface area contributed by atoms with E-state index >= 15 is 0 Å². The van der Waals surface area contributed by atoms with Crippen molar-refractivity contribution in [1.29, 1.82) is 0 Å². The molecule has 0 saturated carbocycles. The molecule has 2 unspecified atom stereocenters. The van der Waals surface area contributed by atoms with Gasteiger partial charge in [0.05, 0.1) is 27.8 Å². The van der Waals surface area contributed by atoms with Gasteiger partial charge in [-0.1, -0.05) is 13.8 Å². The lowest BCUT2D eigenvalue weighted by atomic mass is 9.68. The lowest BCUT2D eigenvalue weighted by Crippen LogP contribution is -2.57. The summed E-state index contributed by atoms with van der Waals surface area (Å²) in [5, 5.41) is 10.6. The minimum atomic E-state index is -2.58. The molecule has 0 aliphatic rings. The maximum atomic E-state index is 12.0. The van der Waals surface area contributed by atoms with Gasteiger partial charge >= 0.3 is 17.9 Å². The fourth-order valence-electron chi connectivity index (χ4n) is 2.06. The maximum Gasteiger partial charge on any atom is 0.339 e. The number of ether oxygens (including phenoxy) is 3. The highest BCUT2D eigenvalue weighted by atomic mass is 16.6. The molecule has 0 bridgehead atoms. The van der Waals surface area contributed by atoms with Crippen LogP contribution in [0, 0.1) is 11.3 Å². The quantitative estimate of drug-likeness (QED) is 0.379. The zero-order valence-electron chi connectivity index (χ0n) is 12.7. The Balaban J connectivity index is 6.02. The maximum absolute atomic E-state index is 12.0. The Morgan fingerprint density at radius 2 is 1.62 bits per heavy atom. The predicted octanol–water partition coefficient (Wildman–Crippen LogP) is -0.532. The van der Waals surface area contributed by atoms with Crippen molar-refractivity contribution in [2.75, 3.05) is 21.3 Å². The fraction of sp³-hybridized carbons (Fsp3) is 0.692. The molecule has 21 heavy (non-hydrogen) atoms. The summed E-state index contributed by atoms with van der Waals surface area (Å²) >= 11 is 0. The Morgan fingerprint density at radius 1 is 1.10 bits per heavy atom. The van der Waals surface area contributed by atoms with E-state index in [0.29, 0.717) is 6.29 Å². The van der Waals surface area contributed by atoms with Gasteiger partial charge in [0.25, 0.3) is 0 Å². The van der Waals surface area contributed by atoms with Crippen LogP contribution in [0.4, 0.5) is 0 Å². The van der Waals surface area contributed by atoms with E-state index in [2.05, 4.69) is 14.2 Å². The van der Waals surface area contributed by atoms with Crippen molar-refractivity contribution in [2.24, 2.45) is 11.3 Å². The fourth-order valence-corrected chi connectivity index (χ4v) is 2.06. The summed E-state index contributed by atoms with van der Waals surface area (Å²) in [5.74, 6) is -4.85. The van der Waals surface area contributed by atoms with Crippen molar-refractivity contribution >= 4 is 24.2 Å². The predicted molar refractivity (Wildman–Crippen MR) is 68.9 cm³/mol. The molecule has 0 aromatic carbocycles. The molecule has 0 saturated heterocycles. The van der Waals surface area contributed by atoms with Gasteiger partial charge < -0.3 is 24.1 Å². The summed E-state index contributed by atoms with van der Waals surface area (Å²) in [6.07, 6.45) is -0.465. The highest BCUT2D eigenvalue weighted by molar-refractivity contribution is 5.93. The molecule has 0 radical (unpaired) electrons. The van der Waals surface area contributed by atoms with Crippen LogP contribution >= 0.6 is 0 Å². The Kier molecular flexibility index (Phi) is 6.50. The molecule has 0 fully saturated rings. The van der Waals surface area contributed by atoms with Gasteiger partial charge in [-0.2, -0.15) is 0 Å². The third-order valence-corrected chi connectivity index (χ3v) is 3.14. The first-order chi connectivity index (χ1) is 9.60. The van der Waals surface area contributed by atoms with Crippen molar-refractivity contribution < 1.29 is 38.5 Å². The first-order valence-corrected chi connectivity index (χ1v) is 6.02. The summed E-state index contributed by atoms with van der Waals surface area (Å²) < 4.78 is 13.4. The number of methoxy groups -OCH3 is 3. The van der Waals surface area contributed by atoms with Crippen molar-refractivity contribution in [2.45, 2.75) is 25.9 Å². The standard InChI is InChI=1S/C13H20O8/c1-12(2,7-14)9(10(16)20-4)13(18,11(17)21-5)6-8(15)19-3/h7,9,18H,6H2,1-5H3. The van der Waals surface area contributed by atoms with Crippen LogP contribution in [0.5, 0.6) is 0 Å². The van der Waals surface area contributed by atoms with Gasteiger partial charge in [0, 0.05) is 5.41 Å². The number of aldehydes is 1. The second-order valence-corrected chi connectivity index (χ2v) is 5.06. The third kappa shape index (κ3) is 4.01. The molecule has 1 N–H and O–H groups in total. The Labute approximate surface area is 122 Å². The first kappa shape index (κ1) is 19.0. The largest absolute Gasteiger partial charge is 0.469 e. The van der Waals surface area contributed by atoms with Gasteiger partial charge in [-0.05, 0) is 0 Å². The second-order valence-electron chi connectivity index (χ2n) is 5.06. The van der Waals surface area contributed by atoms with Gasteiger partial charge in [0.2, 0.25) is 0 Å². The number of esters is 3. The molecule has 0 aliphatic carbocycles. The average Bonchev–Trinajstić information content (AvgIpc) is 2.45. The van der Waals surface area contributed by atoms with Gasteiger partial charge in [0.1, 0.15) is 12.2 Å². The molecular weight excluding hydrogens is 284 g/mol. The number of hydrogen-bond acceptors (Lipinski definition) is 8. The van der Waals surface area contributed by atoms with E-state index in [1.165, 1.54) is 13.8 Å². The smallest absolute Gasteiger partial charge is 0.339 e. The van der Waals surface area contributed by atoms with Crippen LogP contribution in [-0.2, 0) is 33.4 Å². The zero-order chi connectivity index (χ0) is 16.8. The highest BCUT2D eigenvalue weighted by Crippen LogP contribution is 2.38. The molecule has 0 spiro atoms. The number of rotatable bonds is 7. The van der Waals surface area contributed by atoms with Crippen LogP contribution in [0.3, 0.4) is 0 Å². The number of carbonyl (C=O) groups excluding carboxylic acids is 4. The average molecular weight is 304 g/mol. The SMILES string of the molecule is COC(=O)CC(O)(C(=O)OC)C(C(=O)OC)C(C)(C)C=O. The van der Waals surface area contributed by atoms with E-state index in [4.69, 9.17) is 0 Å². The van der Waals surface area contributed by atoms with Crippen LogP contribution in [-0.4, -0.2) is 56.2 Å². The summed E-state index contributed by atoms with van der Waals surface area (Å²) in [6.45, 7) is 2.65. The molecule has 8 heteroatoms. The molecule has 0 rings (SSSR count). The van der Waals surface area contributed by atoms with Crippen LogP contribution in [0.1, 0.15) is 20.3 Å². The van der Waals surface area contributed by atoms with Crippen molar-refractivity contribution in [1.82, 2.24) is 0 Å². The van der Waals surface area contributed by atoms with E-state index in [1.54, 1.807) is 0 Å². The van der Waals surface area contributed by atoms with Crippen LogP contribution in [0.2, 0.25) is 0 Å². The van der Waals surface area contributed by atoms with Gasteiger partial charge in [-0.25, -0.2) is 4.79 Å². The summed E-state index contributed by atoms with van der Waals surface area (Å²) in [7, 11) is 3.07. The molecule has 0 amide bonds. The van der Waals surface area contributed by atoms with E-state index in [0.717, 1.165) is 21.3 Å². The van der Waals surface area contributed by atoms with E-state index in [1.807, 2.05) is 0 Å². The van der Waals surface area contributed by atoms with Crippen molar-refractivity contribution in [3.8, 4) is 0 Å². The molecule has 0 heterocycles. The number of aliphatic hydroxyl groups is 1. The van der Waals surface area contributed by atoms with E-state index in [9.17, 15) is 24.3 Å². The summed E-state index contributed by atoms with van der Waals surface area (Å²) in [6, 6.07) is 0. The zero-order valence-corrected chi connectivity index (χ0v) is 12.7. The van der Waals surface area contributed by atoms with Gasteiger partial charge in [-0.3, -0.25) is 9.59 Å². The molecule has 2 atom stereocenters. The topological polar surface area (TPSA) is 116 Å². The van der Waals surface area contributed by atoms with E-state index in [-0.39, 0.29) is 0 Å². The van der Waals surface area contributed by atoms with Crippen molar-refractivity contribution in [3.63, 3.8) is 0 Å². The lowest BCUT2D eigenvalue weighted by Gasteiger charge is -2.37. The molecular formula is C13H20O8. The highest BCUT2D eigenvalue weighted by Gasteiger charge is 2.57. The monoisotopic (exact) mass is 304 g/mol. The van der Waals surface area contributed by atoms with Crippen LogP contribution < -0.4 is 0 Å². The Bertz CT molecular complexity index is 428. The van der Waals surface area contributed by atoms with Crippen LogP contribution in [0.25, 0.3) is 0 Å². The normalized spacial score (nSPS) is 15.3. The third-order valence-electron chi connectivity index (χ3n) is 3.14. The first-order valence-electron chi connectivity index (χ1n) is 6.02. The molecule has 0 aromatic rings. The molecule has 120 valence electrons. The number of carbonyl (C=O) groups is 4. The Morgan fingerprint density at radius 3 is 1.95 bits per heavy atom. The minimum absolute atomic E-state index is 0.389. The molecule has 8 nitrogen and oxygen atoms in total. The van der Waals surface area contributed by atoms with Crippen LogP contribution in [0.15, 0.2) is 0 Å². The van der Waals surface area contributed by atoms with Crippen molar-refractivity contribution in [3.05, 3.63) is 0 Å². The lowest BCUT2D eigenvalue weighted by molar-refractivity contribution is -0.190. The van der Waals surface area contributed by atoms with E-state index < -0.39 is 41.3 Å². The molecule has 0 aliphatic heterocycles. The summed E-state index contributed by atoms with van der Waals surface area (Å²) in [4.78, 5) is 46.5. The number of hydrogen-bond donors (Lipinski definition) is 1. The van der Waals surface area contributed by atoms with Gasteiger partial charge in [0.15, 0.2) is 5.60 Å². The Hall–Kier alpha value is -1.96. The van der Waals surface area contributed by atoms with Gasteiger partial charge in [-0.15, -0.1) is 0 Å². The summed E-state index contributed by atoms with van der Waals surface area (Å²) in [5.41, 5.74) is -4.07.